The van der Waals surface area contributed by atoms with Crippen LogP contribution in [-0.4, -0.2) is 40.3 Å². The summed E-state index contributed by atoms with van der Waals surface area (Å²) in [6, 6.07) is 3.16. The first kappa shape index (κ1) is 21.4. The van der Waals surface area contributed by atoms with Crippen molar-refractivity contribution in [3.8, 4) is 0 Å². The van der Waals surface area contributed by atoms with Crippen LogP contribution < -0.4 is 5.32 Å². The monoisotopic (exact) mass is 366 g/mol. The van der Waals surface area contributed by atoms with Crippen LogP contribution in [0.25, 0.3) is 0 Å². The van der Waals surface area contributed by atoms with E-state index in [4.69, 9.17) is 9.47 Å². The van der Waals surface area contributed by atoms with E-state index in [2.05, 4.69) is 10.3 Å². The molecular weight excluding hydrogens is 340 g/mol. The summed E-state index contributed by atoms with van der Waals surface area (Å²) in [5.74, 6) is -3.66. The highest BCUT2D eigenvalue weighted by molar-refractivity contribution is 5.95. The summed E-state index contributed by atoms with van der Waals surface area (Å²) in [4.78, 5) is 39.4. The topological polar surface area (TPSA) is 115 Å². The Morgan fingerprint density at radius 3 is 2.31 bits per heavy atom. The van der Waals surface area contributed by atoms with Gasteiger partial charge in [0.2, 0.25) is 0 Å². The van der Waals surface area contributed by atoms with Gasteiger partial charge in [-0.3, -0.25) is 14.9 Å². The van der Waals surface area contributed by atoms with Crippen molar-refractivity contribution in [1.82, 2.24) is 4.98 Å². The molecule has 0 aliphatic heterocycles. The van der Waals surface area contributed by atoms with E-state index in [0.717, 1.165) is 0 Å². The van der Waals surface area contributed by atoms with E-state index < -0.39 is 35.5 Å². The van der Waals surface area contributed by atoms with Crippen molar-refractivity contribution < 1.29 is 29.0 Å². The van der Waals surface area contributed by atoms with E-state index in [-0.39, 0.29) is 12.4 Å². The van der Waals surface area contributed by atoms with Gasteiger partial charge in [-0.1, -0.05) is 13.0 Å². The van der Waals surface area contributed by atoms with Gasteiger partial charge in [-0.2, -0.15) is 0 Å². The lowest BCUT2D eigenvalue weighted by Crippen LogP contribution is -2.31. The first-order valence-electron chi connectivity index (χ1n) is 8.44. The Hall–Kier alpha value is -2.64. The predicted octanol–water partition coefficient (Wildman–Crippen LogP) is 3.19. The second kappa shape index (κ2) is 9.17. The number of rotatable bonds is 7. The molecule has 0 saturated carbocycles. The minimum atomic E-state index is -1.31. The van der Waals surface area contributed by atoms with Crippen molar-refractivity contribution >= 4 is 23.8 Å². The van der Waals surface area contributed by atoms with Gasteiger partial charge >= 0.3 is 18.0 Å². The number of hydrogen-bond acceptors (Lipinski definition) is 6. The third kappa shape index (κ3) is 6.34. The Labute approximate surface area is 152 Å². The Kier molecular flexibility index (Phi) is 7.55. The van der Waals surface area contributed by atoms with Crippen molar-refractivity contribution in [3.63, 3.8) is 0 Å². The van der Waals surface area contributed by atoms with Crippen LogP contribution >= 0.6 is 0 Å². The molecule has 1 rings (SSSR count). The normalized spacial score (nSPS) is 13.4. The molecule has 8 heteroatoms. The zero-order valence-corrected chi connectivity index (χ0v) is 15.7. The molecule has 1 aromatic rings. The zero-order chi connectivity index (χ0) is 19.9. The molecule has 1 heterocycles. The first-order valence-corrected chi connectivity index (χ1v) is 8.44. The molecule has 0 saturated heterocycles. The van der Waals surface area contributed by atoms with Gasteiger partial charge in [0.25, 0.3) is 0 Å². The number of hydrogen-bond donors (Lipinski definition) is 2. The number of esters is 1. The standard InChI is InChI=1S/C18H26N2O6/c1-6-12(14(15(21)22)16(23)25-7-2)11-8-9-13(19-10-11)20-17(24)26-18(3,4)5/h8-10,12,14H,6-7H2,1-5H3,(H,21,22)(H,19,20,24). The number of nitrogens with zero attached hydrogens (tertiary/aromatic N) is 1. The average Bonchev–Trinajstić information content (AvgIpc) is 2.51. The lowest BCUT2D eigenvalue weighted by Gasteiger charge is -2.22. The lowest BCUT2D eigenvalue weighted by molar-refractivity contribution is -0.159. The van der Waals surface area contributed by atoms with Gasteiger partial charge in [0.15, 0.2) is 5.92 Å². The Morgan fingerprint density at radius 2 is 1.88 bits per heavy atom. The fourth-order valence-corrected chi connectivity index (χ4v) is 2.44. The lowest BCUT2D eigenvalue weighted by atomic mass is 9.84. The second-order valence-corrected chi connectivity index (χ2v) is 6.69. The van der Waals surface area contributed by atoms with Gasteiger partial charge in [0.05, 0.1) is 6.61 Å². The molecule has 1 amide bonds. The van der Waals surface area contributed by atoms with Crippen LogP contribution in [0.15, 0.2) is 18.3 Å². The molecule has 0 fully saturated rings. The fraction of sp³-hybridized carbons (Fsp3) is 0.556. The average molecular weight is 366 g/mol. The second-order valence-electron chi connectivity index (χ2n) is 6.69. The van der Waals surface area contributed by atoms with Crippen LogP contribution in [0.3, 0.4) is 0 Å². The number of aliphatic carboxylic acids is 1. The SMILES string of the molecule is CCOC(=O)C(C(=O)O)C(CC)c1ccc(NC(=O)OC(C)(C)C)nc1. The van der Waals surface area contributed by atoms with E-state index >= 15 is 0 Å². The maximum Gasteiger partial charge on any atom is 0.413 e. The molecule has 0 radical (unpaired) electrons. The molecule has 1 aromatic heterocycles. The van der Waals surface area contributed by atoms with Crippen molar-refractivity contribution in [2.75, 3.05) is 11.9 Å². The minimum absolute atomic E-state index is 0.107. The van der Waals surface area contributed by atoms with Crippen LogP contribution in [0.5, 0.6) is 0 Å². The van der Waals surface area contributed by atoms with Crippen molar-refractivity contribution in [2.45, 2.75) is 52.6 Å². The van der Waals surface area contributed by atoms with Gasteiger partial charge in [0.1, 0.15) is 11.4 Å². The minimum Gasteiger partial charge on any atom is -0.481 e. The largest absolute Gasteiger partial charge is 0.481 e. The third-order valence-corrected chi connectivity index (χ3v) is 3.49. The van der Waals surface area contributed by atoms with Gasteiger partial charge in [-0.25, -0.2) is 9.78 Å². The van der Waals surface area contributed by atoms with Crippen LogP contribution in [-0.2, 0) is 19.1 Å². The summed E-state index contributed by atoms with van der Waals surface area (Å²) in [6.07, 6.45) is 1.21. The number of aromatic nitrogens is 1. The summed E-state index contributed by atoms with van der Waals surface area (Å²) < 4.78 is 10.0. The highest BCUT2D eigenvalue weighted by Gasteiger charge is 2.36. The number of carboxylic acids is 1. The molecule has 2 atom stereocenters. The first-order chi connectivity index (χ1) is 12.1. The van der Waals surface area contributed by atoms with Gasteiger partial charge in [-0.15, -0.1) is 0 Å². The molecule has 0 aliphatic rings. The molecule has 0 aliphatic carbocycles. The van der Waals surface area contributed by atoms with E-state index in [1.165, 1.54) is 12.3 Å². The van der Waals surface area contributed by atoms with Crippen LogP contribution in [0.2, 0.25) is 0 Å². The van der Waals surface area contributed by atoms with Crippen molar-refractivity contribution in [3.05, 3.63) is 23.9 Å². The Balaban J connectivity index is 2.94. The number of carboxylic acid groups (broad SMARTS) is 1. The number of carbonyl (C=O) groups excluding carboxylic acids is 2. The van der Waals surface area contributed by atoms with Crippen LogP contribution in [0, 0.1) is 5.92 Å². The Morgan fingerprint density at radius 1 is 1.23 bits per heavy atom. The molecule has 0 spiro atoms. The van der Waals surface area contributed by atoms with Gasteiger partial charge in [0, 0.05) is 12.1 Å². The molecule has 8 nitrogen and oxygen atoms in total. The maximum atomic E-state index is 12.0. The molecule has 2 unspecified atom stereocenters. The molecular formula is C18H26N2O6. The number of anilines is 1. The van der Waals surface area contributed by atoms with E-state index in [9.17, 15) is 19.5 Å². The maximum absolute atomic E-state index is 12.0. The quantitative estimate of drug-likeness (QED) is 0.562. The smallest absolute Gasteiger partial charge is 0.413 e. The van der Waals surface area contributed by atoms with Gasteiger partial charge < -0.3 is 14.6 Å². The van der Waals surface area contributed by atoms with Gasteiger partial charge in [-0.05, 0) is 45.7 Å². The predicted molar refractivity (Wildman–Crippen MR) is 94.9 cm³/mol. The molecule has 0 aromatic carbocycles. The number of pyridine rings is 1. The highest BCUT2D eigenvalue weighted by atomic mass is 16.6. The number of ether oxygens (including phenoxy) is 2. The van der Waals surface area contributed by atoms with Crippen LogP contribution in [0.4, 0.5) is 10.6 Å². The third-order valence-electron chi connectivity index (χ3n) is 3.49. The van der Waals surface area contributed by atoms with E-state index in [1.54, 1.807) is 40.7 Å². The Bertz CT molecular complexity index is 636. The molecule has 26 heavy (non-hydrogen) atoms. The summed E-state index contributed by atoms with van der Waals surface area (Å²) >= 11 is 0. The summed E-state index contributed by atoms with van der Waals surface area (Å²) in [6.45, 7) is 8.75. The highest BCUT2D eigenvalue weighted by Crippen LogP contribution is 2.29. The van der Waals surface area contributed by atoms with Crippen molar-refractivity contribution in [1.29, 1.82) is 0 Å². The number of nitrogens with one attached hydrogen (secondary N) is 1. The molecule has 2 N–H and O–H groups in total. The molecule has 0 bridgehead atoms. The summed E-state index contributed by atoms with van der Waals surface area (Å²) in [7, 11) is 0. The van der Waals surface area contributed by atoms with Crippen LogP contribution in [0.1, 0.15) is 52.5 Å². The summed E-state index contributed by atoms with van der Waals surface area (Å²) in [5.41, 5.74) is -0.0613. The van der Waals surface area contributed by atoms with E-state index in [0.29, 0.717) is 12.0 Å². The zero-order valence-electron chi connectivity index (χ0n) is 15.7. The molecule has 144 valence electrons. The van der Waals surface area contributed by atoms with E-state index in [1.807, 2.05) is 0 Å². The van der Waals surface area contributed by atoms with Crippen molar-refractivity contribution in [2.24, 2.45) is 5.92 Å². The number of carbonyl (C=O) groups is 3. The fourth-order valence-electron chi connectivity index (χ4n) is 2.44. The summed E-state index contributed by atoms with van der Waals surface area (Å²) in [5, 5.41) is 11.9. The number of amides is 1.